The lowest BCUT2D eigenvalue weighted by atomic mass is 10.2. The second kappa shape index (κ2) is 5.88. The number of sulfonamides is 1. The third-order valence-corrected chi connectivity index (χ3v) is 5.24. The van der Waals surface area contributed by atoms with Gasteiger partial charge in [0.1, 0.15) is 11.0 Å². The van der Waals surface area contributed by atoms with Crippen molar-refractivity contribution in [2.45, 2.75) is 17.4 Å². The first-order valence-electron chi connectivity index (χ1n) is 6.09. The first-order valence-corrected chi connectivity index (χ1v) is 8.36. The molecule has 1 aliphatic heterocycles. The van der Waals surface area contributed by atoms with Gasteiger partial charge in [-0.25, -0.2) is 8.42 Å². The summed E-state index contributed by atoms with van der Waals surface area (Å²) in [5, 5.41) is 0.153. The van der Waals surface area contributed by atoms with Gasteiger partial charge in [0.25, 0.3) is 0 Å². The Kier molecular flexibility index (Phi) is 4.52. The molecule has 0 spiro atoms. The molecule has 0 bridgehead atoms. The molecular formula is C12H14ClN3O3S2. The number of thiocarbonyl (C=S) groups is 1. The van der Waals surface area contributed by atoms with Crippen molar-refractivity contribution in [2.24, 2.45) is 5.73 Å². The molecule has 1 atom stereocenters. The van der Waals surface area contributed by atoms with Crippen LogP contribution in [0.1, 0.15) is 12.0 Å². The van der Waals surface area contributed by atoms with Crippen LogP contribution < -0.4 is 10.5 Å². The van der Waals surface area contributed by atoms with E-state index in [0.717, 1.165) is 0 Å². The summed E-state index contributed by atoms with van der Waals surface area (Å²) in [4.78, 5) is 13.3. The quantitative estimate of drug-likeness (QED) is 0.773. The van der Waals surface area contributed by atoms with Gasteiger partial charge in [-0.3, -0.25) is 4.79 Å². The van der Waals surface area contributed by atoms with Crippen molar-refractivity contribution >= 4 is 44.7 Å². The summed E-state index contributed by atoms with van der Waals surface area (Å²) in [6, 6.07) is 3.32. The smallest absolute Gasteiger partial charge is 0.241 e. The fourth-order valence-electron chi connectivity index (χ4n) is 2.05. The summed E-state index contributed by atoms with van der Waals surface area (Å²) in [5.41, 5.74) is 5.88. The third-order valence-electron chi connectivity index (χ3n) is 3.24. The van der Waals surface area contributed by atoms with Crippen LogP contribution in [0.15, 0.2) is 23.1 Å². The highest BCUT2D eigenvalue weighted by Crippen LogP contribution is 2.22. The maximum atomic E-state index is 12.3. The van der Waals surface area contributed by atoms with Crippen LogP contribution >= 0.6 is 23.8 Å². The summed E-state index contributed by atoms with van der Waals surface area (Å²) in [6.07, 6.45) is 0.438. The standard InChI is InChI=1S/C12H14ClN3O3S2/c1-16-5-4-10(12(16)17)15-21(18,19)7-2-3-8(11(14)20)9(13)6-7/h2-3,6,10,15H,4-5H2,1H3,(H2,14,20). The molecule has 1 aliphatic rings. The number of nitrogens with zero attached hydrogens (tertiary/aromatic N) is 1. The lowest BCUT2D eigenvalue weighted by molar-refractivity contribution is -0.127. The molecule has 2 rings (SSSR count). The largest absolute Gasteiger partial charge is 0.389 e. The Morgan fingerprint density at radius 1 is 1.52 bits per heavy atom. The van der Waals surface area contributed by atoms with E-state index in [1.165, 1.54) is 23.1 Å². The zero-order valence-corrected chi connectivity index (χ0v) is 13.6. The Balaban J connectivity index is 2.26. The van der Waals surface area contributed by atoms with Crippen LogP contribution in [0.4, 0.5) is 0 Å². The SMILES string of the molecule is CN1CCC(NS(=O)(=O)c2ccc(C(N)=S)c(Cl)c2)C1=O. The monoisotopic (exact) mass is 347 g/mol. The first kappa shape index (κ1) is 16.2. The Labute approximate surface area is 133 Å². The summed E-state index contributed by atoms with van der Waals surface area (Å²) < 4.78 is 26.9. The van der Waals surface area contributed by atoms with Gasteiger partial charge in [-0.15, -0.1) is 0 Å². The molecule has 0 aromatic heterocycles. The molecule has 0 aliphatic carbocycles. The number of amides is 1. The second-order valence-corrected chi connectivity index (χ2v) is 7.29. The van der Waals surface area contributed by atoms with E-state index in [9.17, 15) is 13.2 Å². The molecule has 1 aromatic rings. The second-order valence-electron chi connectivity index (χ2n) is 4.73. The van der Waals surface area contributed by atoms with E-state index in [2.05, 4.69) is 4.72 Å². The molecule has 1 amide bonds. The average molecular weight is 348 g/mol. The summed E-state index contributed by atoms with van der Waals surface area (Å²) in [7, 11) is -2.20. The van der Waals surface area contributed by atoms with Crippen LogP contribution in [0.2, 0.25) is 5.02 Å². The molecule has 9 heteroatoms. The van der Waals surface area contributed by atoms with E-state index in [4.69, 9.17) is 29.6 Å². The Hall–Kier alpha value is -1.22. The number of carbonyl (C=O) groups is 1. The molecule has 114 valence electrons. The van der Waals surface area contributed by atoms with Crippen LogP contribution in [0.5, 0.6) is 0 Å². The number of halogens is 1. The van der Waals surface area contributed by atoms with Gasteiger partial charge in [0.05, 0.1) is 9.92 Å². The van der Waals surface area contributed by atoms with Gasteiger partial charge in [-0.1, -0.05) is 23.8 Å². The van der Waals surface area contributed by atoms with Gasteiger partial charge in [-0.2, -0.15) is 4.72 Å². The van der Waals surface area contributed by atoms with Crippen LogP contribution in [0.3, 0.4) is 0 Å². The highest BCUT2D eigenvalue weighted by Gasteiger charge is 2.33. The fourth-order valence-corrected chi connectivity index (χ4v) is 3.88. The van der Waals surface area contributed by atoms with E-state index in [1.807, 2.05) is 0 Å². The van der Waals surface area contributed by atoms with Crippen LogP contribution in [0.25, 0.3) is 0 Å². The lowest BCUT2D eigenvalue weighted by Crippen LogP contribution is -2.40. The summed E-state index contributed by atoms with van der Waals surface area (Å²) in [5.74, 6) is -0.246. The summed E-state index contributed by atoms with van der Waals surface area (Å²) in [6.45, 7) is 0.521. The van der Waals surface area contributed by atoms with Crippen LogP contribution in [-0.4, -0.2) is 43.8 Å². The fraction of sp³-hybridized carbons (Fsp3) is 0.333. The van der Waals surface area contributed by atoms with Crippen molar-refractivity contribution in [3.05, 3.63) is 28.8 Å². The zero-order chi connectivity index (χ0) is 15.8. The van der Waals surface area contributed by atoms with Gasteiger partial charge in [-0.05, 0) is 24.6 Å². The van der Waals surface area contributed by atoms with Crippen molar-refractivity contribution in [3.63, 3.8) is 0 Å². The average Bonchev–Trinajstić information content (AvgIpc) is 2.69. The topological polar surface area (TPSA) is 92.5 Å². The molecule has 0 radical (unpaired) electrons. The third kappa shape index (κ3) is 3.34. The van der Waals surface area contributed by atoms with Gasteiger partial charge >= 0.3 is 0 Å². The molecule has 1 heterocycles. The highest BCUT2D eigenvalue weighted by molar-refractivity contribution is 7.89. The van der Waals surface area contributed by atoms with Gasteiger partial charge < -0.3 is 10.6 Å². The number of hydrogen-bond donors (Lipinski definition) is 2. The molecule has 3 N–H and O–H groups in total. The van der Waals surface area contributed by atoms with Crippen LogP contribution in [0, 0.1) is 0 Å². The van der Waals surface area contributed by atoms with Crippen molar-refractivity contribution < 1.29 is 13.2 Å². The maximum absolute atomic E-state index is 12.3. The van der Waals surface area contributed by atoms with Crippen molar-refractivity contribution in [1.29, 1.82) is 0 Å². The van der Waals surface area contributed by atoms with E-state index >= 15 is 0 Å². The summed E-state index contributed by atoms with van der Waals surface area (Å²) >= 11 is 10.8. The lowest BCUT2D eigenvalue weighted by Gasteiger charge is -2.13. The van der Waals surface area contributed by atoms with Crippen molar-refractivity contribution in [3.8, 4) is 0 Å². The zero-order valence-electron chi connectivity index (χ0n) is 11.2. The molecule has 1 aromatic carbocycles. The minimum absolute atomic E-state index is 0.0325. The molecule has 1 fully saturated rings. The van der Waals surface area contributed by atoms with Crippen molar-refractivity contribution in [1.82, 2.24) is 9.62 Å². The molecular weight excluding hydrogens is 334 g/mol. The van der Waals surface area contributed by atoms with Gasteiger partial charge in [0.15, 0.2) is 0 Å². The molecule has 0 saturated carbocycles. The number of nitrogens with one attached hydrogen (secondary N) is 1. The van der Waals surface area contributed by atoms with E-state index in [0.29, 0.717) is 18.5 Å². The number of nitrogens with two attached hydrogens (primary N) is 1. The number of rotatable bonds is 4. The van der Waals surface area contributed by atoms with E-state index in [1.54, 1.807) is 7.05 Å². The number of benzene rings is 1. The Morgan fingerprint density at radius 3 is 2.67 bits per heavy atom. The predicted octanol–water partition coefficient (Wildman–Crippen LogP) is 0.483. The molecule has 1 saturated heterocycles. The minimum atomic E-state index is -3.83. The van der Waals surface area contributed by atoms with Crippen LogP contribution in [-0.2, 0) is 14.8 Å². The Bertz CT molecular complexity index is 706. The highest BCUT2D eigenvalue weighted by atomic mass is 35.5. The first-order chi connectivity index (χ1) is 9.72. The Morgan fingerprint density at radius 2 is 2.19 bits per heavy atom. The normalized spacial score (nSPS) is 19.0. The number of hydrogen-bond acceptors (Lipinski definition) is 4. The van der Waals surface area contributed by atoms with E-state index < -0.39 is 16.1 Å². The number of likely N-dealkylation sites (tertiary alicyclic amines) is 1. The molecule has 21 heavy (non-hydrogen) atoms. The number of carbonyl (C=O) groups excluding carboxylic acids is 1. The van der Waals surface area contributed by atoms with Crippen molar-refractivity contribution in [2.75, 3.05) is 13.6 Å². The van der Waals surface area contributed by atoms with Gasteiger partial charge in [0.2, 0.25) is 15.9 Å². The predicted molar refractivity (Wildman–Crippen MR) is 83.7 cm³/mol. The molecule has 6 nitrogen and oxygen atoms in total. The maximum Gasteiger partial charge on any atom is 0.241 e. The minimum Gasteiger partial charge on any atom is -0.389 e. The van der Waals surface area contributed by atoms with E-state index in [-0.39, 0.29) is 20.8 Å². The molecule has 1 unspecified atom stereocenters. The number of likely N-dealkylation sites (N-methyl/N-ethyl adjacent to an activating group) is 1. The van der Waals surface area contributed by atoms with Gasteiger partial charge in [0, 0.05) is 19.2 Å².